The number of hydrogen-bond donors (Lipinski definition) is 2. The minimum atomic E-state index is -0.196. The predicted octanol–water partition coefficient (Wildman–Crippen LogP) is 1.65. The Kier molecular flexibility index (Phi) is 3.74. The van der Waals surface area contributed by atoms with Crippen LogP contribution >= 0.6 is 0 Å². The quantitative estimate of drug-likeness (QED) is 0.867. The largest absolute Gasteiger partial charge is 0.495 e. The molecule has 2 rings (SSSR count). The van der Waals surface area contributed by atoms with Crippen LogP contribution < -0.4 is 15.4 Å². The molecular weight excluding hydrogens is 244 g/mol. The summed E-state index contributed by atoms with van der Waals surface area (Å²) in [4.78, 5) is 23.5. The van der Waals surface area contributed by atoms with Crippen molar-refractivity contribution in [1.82, 2.24) is 5.32 Å². The zero-order valence-electron chi connectivity index (χ0n) is 11.3. The van der Waals surface area contributed by atoms with Gasteiger partial charge >= 0.3 is 0 Å². The van der Waals surface area contributed by atoms with Crippen molar-refractivity contribution in [3.05, 3.63) is 23.8 Å². The fourth-order valence-electron chi connectivity index (χ4n) is 2.00. The maximum atomic E-state index is 11.9. The van der Waals surface area contributed by atoms with E-state index < -0.39 is 0 Å². The first kappa shape index (κ1) is 13.4. The number of anilines is 1. The lowest BCUT2D eigenvalue weighted by molar-refractivity contribution is -0.117. The molecule has 5 heteroatoms. The molecule has 1 aliphatic rings. The van der Waals surface area contributed by atoms with E-state index in [1.165, 1.54) is 7.11 Å². The molecule has 0 aromatic heterocycles. The summed E-state index contributed by atoms with van der Waals surface area (Å²) in [5.74, 6) is 0.855. The molecule has 0 bridgehead atoms. The van der Waals surface area contributed by atoms with E-state index in [9.17, 15) is 9.59 Å². The van der Waals surface area contributed by atoms with Gasteiger partial charge in [-0.3, -0.25) is 9.59 Å². The number of hydrogen-bond acceptors (Lipinski definition) is 3. The van der Waals surface area contributed by atoms with Crippen LogP contribution in [0.2, 0.25) is 0 Å². The van der Waals surface area contributed by atoms with Crippen LogP contribution in [0.1, 0.15) is 23.7 Å². The highest BCUT2D eigenvalue weighted by Crippen LogP contribution is 2.39. The molecule has 1 aromatic carbocycles. The average molecular weight is 262 g/mol. The van der Waals surface area contributed by atoms with Gasteiger partial charge in [-0.1, -0.05) is 6.92 Å². The third-order valence-electron chi connectivity index (χ3n) is 3.39. The number of nitrogens with one attached hydrogen (secondary N) is 2. The molecule has 2 N–H and O–H groups in total. The zero-order chi connectivity index (χ0) is 14.0. The summed E-state index contributed by atoms with van der Waals surface area (Å²) in [6.07, 6.45) is 0.920. The highest BCUT2D eigenvalue weighted by molar-refractivity contribution is 5.99. The van der Waals surface area contributed by atoms with E-state index >= 15 is 0 Å². The molecule has 0 heterocycles. The molecule has 1 fully saturated rings. The fourth-order valence-corrected chi connectivity index (χ4v) is 2.00. The zero-order valence-corrected chi connectivity index (χ0v) is 11.3. The fraction of sp³-hybridized carbons (Fsp3) is 0.429. The summed E-state index contributed by atoms with van der Waals surface area (Å²) >= 11 is 0. The molecule has 0 radical (unpaired) electrons. The molecular formula is C14H18N2O3. The number of methoxy groups -OCH3 is 1. The Hall–Kier alpha value is -2.04. The van der Waals surface area contributed by atoms with Gasteiger partial charge in [0.05, 0.1) is 12.8 Å². The maximum Gasteiger partial charge on any atom is 0.251 e. The Morgan fingerprint density at radius 1 is 1.37 bits per heavy atom. The Balaban J connectivity index is 2.21. The summed E-state index contributed by atoms with van der Waals surface area (Å²) in [5, 5.41) is 5.38. The van der Waals surface area contributed by atoms with E-state index in [1.807, 2.05) is 6.92 Å². The summed E-state index contributed by atoms with van der Waals surface area (Å²) < 4.78 is 5.20. The van der Waals surface area contributed by atoms with Gasteiger partial charge in [0.1, 0.15) is 5.75 Å². The van der Waals surface area contributed by atoms with Crippen molar-refractivity contribution < 1.29 is 14.3 Å². The summed E-state index contributed by atoms with van der Waals surface area (Å²) in [7, 11) is 3.10. The van der Waals surface area contributed by atoms with Crippen LogP contribution in [0, 0.1) is 11.8 Å². The molecule has 1 saturated carbocycles. The highest BCUT2D eigenvalue weighted by atomic mass is 16.5. The lowest BCUT2D eigenvalue weighted by atomic mass is 10.1. The Bertz CT molecular complexity index is 513. The van der Waals surface area contributed by atoms with Crippen molar-refractivity contribution in [3.63, 3.8) is 0 Å². The van der Waals surface area contributed by atoms with Crippen molar-refractivity contribution in [2.45, 2.75) is 13.3 Å². The van der Waals surface area contributed by atoms with E-state index in [4.69, 9.17) is 4.74 Å². The van der Waals surface area contributed by atoms with Gasteiger partial charge in [-0.05, 0) is 30.5 Å². The van der Waals surface area contributed by atoms with Gasteiger partial charge in [0.25, 0.3) is 5.91 Å². The molecule has 2 atom stereocenters. The lowest BCUT2D eigenvalue weighted by Crippen LogP contribution is -2.19. The molecule has 19 heavy (non-hydrogen) atoms. The van der Waals surface area contributed by atoms with E-state index in [2.05, 4.69) is 10.6 Å². The van der Waals surface area contributed by atoms with Crippen LogP contribution in [0.15, 0.2) is 18.2 Å². The van der Waals surface area contributed by atoms with E-state index in [1.54, 1.807) is 25.2 Å². The normalized spacial score (nSPS) is 20.6. The molecule has 0 spiro atoms. The Morgan fingerprint density at radius 3 is 2.58 bits per heavy atom. The molecule has 5 nitrogen and oxygen atoms in total. The third kappa shape index (κ3) is 2.86. The predicted molar refractivity (Wildman–Crippen MR) is 72.3 cm³/mol. The van der Waals surface area contributed by atoms with Crippen LogP contribution in [0.5, 0.6) is 5.75 Å². The van der Waals surface area contributed by atoms with Crippen molar-refractivity contribution in [2.24, 2.45) is 11.8 Å². The number of carbonyl (C=O) groups is 2. The second-order valence-corrected chi connectivity index (χ2v) is 4.80. The molecule has 102 valence electrons. The minimum Gasteiger partial charge on any atom is -0.495 e. The van der Waals surface area contributed by atoms with Crippen molar-refractivity contribution in [2.75, 3.05) is 19.5 Å². The van der Waals surface area contributed by atoms with E-state index in [0.717, 1.165) is 6.42 Å². The minimum absolute atomic E-state index is 0.0140. The number of ether oxygens (including phenoxy) is 1. The molecule has 0 aliphatic heterocycles. The van der Waals surface area contributed by atoms with Crippen LogP contribution in [0.25, 0.3) is 0 Å². The van der Waals surface area contributed by atoms with Gasteiger partial charge in [-0.25, -0.2) is 0 Å². The Labute approximate surface area is 112 Å². The van der Waals surface area contributed by atoms with Gasteiger partial charge < -0.3 is 15.4 Å². The molecule has 0 saturated heterocycles. The van der Waals surface area contributed by atoms with Crippen LogP contribution in [-0.2, 0) is 4.79 Å². The second kappa shape index (κ2) is 5.30. The number of carbonyl (C=O) groups excluding carboxylic acids is 2. The summed E-state index contributed by atoms with van der Waals surface area (Å²) in [5.41, 5.74) is 1.02. The van der Waals surface area contributed by atoms with Gasteiger partial charge in [-0.15, -0.1) is 0 Å². The third-order valence-corrected chi connectivity index (χ3v) is 3.39. The van der Waals surface area contributed by atoms with Crippen LogP contribution in [0.4, 0.5) is 5.69 Å². The first-order valence-electron chi connectivity index (χ1n) is 6.27. The molecule has 2 amide bonds. The van der Waals surface area contributed by atoms with Crippen LogP contribution in [0.3, 0.4) is 0 Å². The SMILES string of the molecule is CNC(=O)c1ccc(OC)c(NC(=O)C2CC2C)c1. The van der Waals surface area contributed by atoms with Gasteiger partial charge in [0, 0.05) is 18.5 Å². The number of rotatable bonds is 4. The monoisotopic (exact) mass is 262 g/mol. The van der Waals surface area contributed by atoms with Gasteiger partial charge in [0.15, 0.2) is 0 Å². The topological polar surface area (TPSA) is 67.4 Å². The maximum absolute atomic E-state index is 11.9. The smallest absolute Gasteiger partial charge is 0.251 e. The standard InChI is InChI=1S/C14H18N2O3/c1-8-6-10(8)14(18)16-11-7-9(13(17)15-2)4-5-12(11)19-3/h4-5,7-8,10H,6H2,1-3H3,(H,15,17)(H,16,18). The second-order valence-electron chi connectivity index (χ2n) is 4.80. The van der Waals surface area contributed by atoms with Gasteiger partial charge in [-0.2, -0.15) is 0 Å². The van der Waals surface area contributed by atoms with Crippen molar-refractivity contribution >= 4 is 17.5 Å². The molecule has 1 aliphatic carbocycles. The number of amides is 2. The first-order valence-corrected chi connectivity index (χ1v) is 6.27. The summed E-state index contributed by atoms with van der Waals surface area (Å²) in [6.45, 7) is 2.04. The lowest BCUT2D eigenvalue weighted by Gasteiger charge is -2.11. The van der Waals surface area contributed by atoms with Gasteiger partial charge in [0.2, 0.25) is 5.91 Å². The average Bonchev–Trinajstić information content (AvgIpc) is 3.15. The van der Waals surface area contributed by atoms with Crippen molar-refractivity contribution in [1.29, 1.82) is 0 Å². The Morgan fingerprint density at radius 2 is 2.05 bits per heavy atom. The highest BCUT2D eigenvalue weighted by Gasteiger charge is 2.39. The van der Waals surface area contributed by atoms with E-state index in [-0.39, 0.29) is 17.7 Å². The molecule has 2 unspecified atom stereocenters. The van der Waals surface area contributed by atoms with E-state index in [0.29, 0.717) is 22.9 Å². The number of benzene rings is 1. The summed E-state index contributed by atoms with van der Waals surface area (Å²) in [6, 6.07) is 4.96. The molecule has 1 aromatic rings. The first-order chi connectivity index (χ1) is 9.06. The van der Waals surface area contributed by atoms with Crippen molar-refractivity contribution in [3.8, 4) is 5.75 Å². The van der Waals surface area contributed by atoms with Crippen LogP contribution in [-0.4, -0.2) is 26.0 Å².